The third kappa shape index (κ3) is 5.76. The Hall–Kier alpha value is -0.370. The topological polar surface area (TPSA) is 20.3 Å². The maximum absolute atomic E-state index is 10.6. The third-order valence-electron chi connectivity index (χ3n) is 1.39. The standard InChI is InChI=1S/C8H17NO/c1-4-5-6-9(3)7-8(2)10/h4-7H2,1-3H3. The normalized spacial score (nSPS) is 10.4. The minimum Gasteiger partial charge on any atom is -0.299 e. The van der Waals surface area contributed by atoms with E-state index in [0.717, 1.165) is 6.54 Å². The number of hydrogen-bond acceptors (Lipinski definition) is 2. The molecule has 0 heterocycles. The van der Waals surface area contributed by atoms with Gasteiger partial charge in [0.2, 0.25) is 0 Å². The molecule has 0 bridgehead atoms. The second-order valence-electron chi connectivity index (χ2n) is 2.79. The quantitative estimate of drug-likeness (QED) is 0.578. The minimum atomic E-state index is 0.249. The Morgan fingerprint density at radius 3 is 2.50 bits per heavy atom. The van der Waals surface area contributed by atoms with Crippen LogP contribution in [-0.4, -0.2) is 30.8 Å². The maximum Gasteiger partial charge on any atom is 0.143 e. The van der Waals surface area contributed by atoms with Crippen LogP contribution in [0.1, 0.15) is 26.7 Å². The molecule has 0 aliphatic carbocycles. The van der Waals surface area contributed by atoms with Crippen molar-refractivity contribution in [3.8, 4) is 0 Å². The van der Waals surface area contributed by atoms with Crippen molar-refractivity contribution in [2.45, 2.75) is 26.7 Å². The van der Waals surface area contributed by atoms with Gasteiger partial charge in [-0.3, -0.25) is 9.69 Å². The van der Waals surface area contributed by atoms with Crippen molar-refractivity contribution in [3.63, 3.8) is 0 Å². The molecule has 0 radical (unpaired) electrons. The van der Waals surface area contributed by atoms with E-state index in [1.807, 2.05) is 7.05 Å². The van der Waals surface area contributed by atoms with Gasteiger partial charge in [0, 0.05) is 0 Å². The summed E-state index contributed by atoms with van der Waals surface area (Å²) in [4.78, 5) is 12.6. The lowest BCUT2D eigenvalue weighted by Crippen LogP contribution is -2.25. The lowest BCUT2D eigenvalue weighted by Gasteiger charge is -2.12. The molecule has 0 unspecified atom stereocenters. The van der Waals surface area contributed by atoms with Crippen LogP contribution in [0.4, 0.5) is 0 Å². The number of ketones is 1. The molecule has 0 rings (SSSR count). The molecule has 0 aliphatic rings. The highest BCUT2D eigenvalue weighted by Crippen LogP contribution is 1.90. The summed E-state index contributed by atoms with van der Waals surface area (Å²) in [5.74, 6) is 0.249. The highest BCUT2D eigenvalue weighted by Gasteiger charge is 1.98. The number of unbranched alkanes of at least 4 members (excludes halogenated alkanes) is 1. The van der Waals surface area contributed by atoms with Gasteiger partial charge in [0.1, 0.15) is 5.78 Å². The Morgan fingerprint density at radius 1 is 1.50 bits per heavy atom. The lowest BCUT2D eigenvalue weighted by molar-refractivity contribution is -0.117. The van der Waals surface area contributed by atoms with E-state index in [-0.39, 0.29) is 5.78 Å². The summed E-state index contributed by atoms with van der Waals surface area (Å²) in [6.45, 7) is 5.42. The second kappa shape index (κ2) is 5.42. The van der Waals surface area contributed by atoms with Crippen LogP contribution in [0.25, 0.3) is 0 Å². The molecule has 0 aliphatic heterocycles. The summed E-state index contributed by atoms with van der Waals surface area (Å²) in [5.41, 5.74) is 0. The molecule has 0 fully saturated rings. The van der Waals surface area contributed by atoms with Crippen LogP contribution < -0.4 is 0 Å². The predicted molar refractivity (Wildman–Crippen MR) is 43.1 cm³/mol. The Labute approximate surface area is 63.2 Å². The van der Waals surface area contributed by atoms with E-state index in [9.17, 15) is 4.79 Å². The van der Waals surface area contributed by atoms with Crippen LogP contribution >= 0.6 is 0 Å². The van der Waals surface area contributed by atoms with Gasteiger partial charge in [-0.2, -0.15) is 0 Å². The van der Waals surface area contributed by atoms with Crippen LogP contribution in [0.3, 0.4) is 0 Å². The molecule has 0 atom stereocenters. The summed E-state index contributed by atoms with van der Waals surface area (Å²) in [6, 6.07) is 0. The average Bonchev–Trinajstić information content (AvgIpc) is 1.82. The van der Waals surface area contributed by atoms with Crippen LogP contribution in [0, 0.1) is 0 Å². The van der Waals surface area contributed by atoms with Gasteiger partial charge in [0.25, 0.3) is 0 Å². The fourth-order valence-electron chi connectivity index (χ4n) is 0.887. The van der Waals surface area contributed by atoms with Gasteiger partial charge in [-0.1, -0.05) is 13.3 Å². The first-order chi connectivity index (χ1) is 4.66. The lowest BCUT2D eigenvalue weighted by atomic mass is 10.3. The van der Waals surface area contributed by atoms with Gasteiger partial charge >= 0.3 is 0 Å². The van der Waals surface area contributed by atoms with E-state index < -0.39 is 0 Å². The summed E-state index contributed by atoms with van der Waals surface area (Å²) in [6.07, 6.45) is 2.38. The first kappa shape index (κ1) is 9.63. The Kier molecular flexibility index (Phi) is 5.22. The summed E-state index contributed by atoms with van der Waals surface area (Å²) in [7, 11) is 1.98. The molecular weight excluding hydrogens is 126 g/mol. The zero-order chi connectivity index (χ0) is 7.98. The number of carbonyl (C=O) groups excluding carboxylic acids is 1. The van der Waals surface area contributed by atoms with Crippen molar-refractivity contribution in [3.05, 3.63) is 0 Å². The molecule has 0 saturated heterocycles. The van der Waals surface area contributed by atoms with E-state index in [1.54, 1.807) is 6.92 Å². The molecule has 0 amide bonds. The molecule has 2 nitrogen and oxygen atoms in total. The van der Waals surface area contributed by atoms with Gasteiger partial charge in [-0.15, -0.1) is 0 Å². The monoisotopic (exact) mass is 143 g/mol. The SMILES string of the molecule is CCCCN(C)CC(C)=O. The Bertz CT molecular complexity index is 101. The van der Waals surface area contributed by atoms with E-state index >= 15 is 0 Å². The zero-order valence-corrected chi connectivity index (χ0v) is 7.18. The summed E-state index contributed by atoms with van der Waals surface area (Å²) in [5, 5.41) is 0. The Morgan fingerprint density at radius 2 is 2.10 bits per heavy atom. The number of Topliss-reactive ketones (excluding diaryl/α,β-unsaturated/α-hetero) is 1. The molecule has 60 valence electrons. The second-order valence-corrected chi connectivity index (χ2v) is 2.79. The summed E-state index contributed by atoms with van der Waals surface area (Å²) < 4.78 is 0. The first-order valence-electron chi connectivity index (χ1n) is 3.84. The molecular formula is C8H17NO. The number of likely N-dealkylation sites (N-methyl/N-ethyl adjacent to an activating group) is 1. The summed E-state index contributed by atoms with van der Waals surface area (Å²) >= 11 is 0. The van der Waals surface area contributed by atoms with Crippen molar-refractivity contribution in [1.29, 1.82) is 0 Å². The number of rotatable bonds is 5. The van der Waals surface area contributed by atoms with Crippen molar-refractivity contribution < 1.29 is 4.79 Å². The largest absolute Gasteiger partial charge is 0.299 e. The van der Waals surface area contributed by atoms with Crippen molar-refractivity contribution in [1.82, 2.24) is 4.90 Å². The van der Waals surface area contributed by atoms with Gasteiger partial charge in [-0.25, -0.2) is 0 Å². The predicted octanol–water partition coefficient (Wildman–Crippen LogP) is 1.31. The minimum absolute atomic E-state index is 0.249. The molecule has 10 heavy (non-hydrogen) atoms. The van der Waals surface area contributed by atoms with Crippen LogP contribution in [0.2, 0.25) is 0 Å². The van der Waals surface area contributed by atoms with Gasteiger partial charge in [0.05, 0.1) is 6.54 Å². The van der Waals surface area contributed by atoms with Gasteiger partial charge in [-0.05, 0) is 26.9 Å². The zero-order valence-electron chi connectivity index (χ0n) is 7.18. The third-order valence-corrected chi connectivity index (χ3v) is 1.39. The van der Waals surface area contributed by atoms with Gasteiger partial charge in [0.15, 0.2) is 0 Å². The molecule has 0 spiro atoms. The molecule has 0 aromatic heterocycles. The molecule has 0 aromatic rings. The van der Waals surface area contributed by atoms with Gasteiger partial charge < -0.3 is 0 Å². The number of hydrogen-bond donors (Lipinski definition) is 0. The number of carbonyl (C=O) groups is 1. The van der Waals surface area contributed by atoms with E-state index in [4.69, 9.17) is 0 Å². The van der Waals surface area contributed by atoms with Crippen LogP contribution in [0.5, 0.6) is 0 Å². The highest BCUT2D eigenvalue weighted by atomic mass is 16.1. The van der Waals surface area contributed by atoms with E-state index in [0.29, 0.717) is 6.54 Å². The molecule has 0 N–H and O–H groups in total. The van der Waals surface area contributed by atoms with Crippen molar-refractivity contribution in [2.24, 2.45) is 0 Å². The average molecular weight is 143 g/mol. The van der Waals surface area contributed by atoms with E-state index in [1.165, 1.54) is 12.8 Å². The van der Waals surface area contributed by atoms with Crippen molar-refractivity contribution in [2.75, 3.05) is 20.1 Å². The fourth-order valence-corrected chi connectivity index (χ4v) is 0.887. The highest BCUT2D eigenvalue weighted by molar-refractivity contribution is 5.77. The molecule has 2 heteroatoms. The van der Waals surface area contributed by atoms with Crippen LogP contribution in [0.15, 0.2) is 0 Å². The van der Waals surface area contributed by atoms with E-state index in [2.05, 4.69) is 11.8 Å². The fraction of sp³-hybridized carbons (Fsp3) is 0.875. The Balaban J connectivity index is 3.25. The molecule has 0 aromatic carbocycles. The smallest absolute Gasteiger partial charge is 0.143 e. The van der Waals surface area contributed by atoms with Crippen molar-refractivity contribution >= 4 is 5.78 Å². The molecule has 0 saturated carbocycles. The van der Waals surface area contributed by atoms with Crippen LogP contribution in [-0.2, 0) is 4.79 Å². The maximum atomic E-state index is 10.6. The first-order valence-corrected chi connectivity index (χ1v) is 3.84. The number of nitrogens with zero attached hydrogens (tertiary/aromatic N) is 1.